The summed E-state index contributed by atoms with van der Waals surface area (Å²) in [6, 6.07) is 8.15. The van der Waals surface area contributed by atoms with Crippen molar-refractivity contribution in [2.75, 3.05) is 19.6 Å². The van der Waals surface area contributed by atoms with Gasteiger partial charge in [0.15, 0.2) is 0 Å². The molecule has 4 heterocycles. The van der Waals surface area contributed by atoms with Gasteiger partial charge in [0.1, 0.15) is 5.82 Å². The molecule has 0 saturated carbocycles. The summed E-state index contributed by atoms with van der Waals surface area (Å²) in [6.45, 7) is 5.77. The van der Waals surface area contributed by atoms with Gasteiger partial charge in [-0.15, -0.1) is 0 Å². The fourth-order valence-corrected chi connectivity index (χ4v) is 4.00. The number of H-pyrrole nitrogens is 1. The minimum atomic E-state index is 0.696. The first-order valence-electron chi connectivity index (χ1n) is 9.30. The van der Waals surface area contributed by atoms with E-state index < -0.39 is 0 Å². The van der Waals surface area contributed by atoms with Gasteiger partial charge in [0.2, 0.25) is 0 Å². The minimum Gasteiger partial charge on any atom is -0.341 e. The fourth-order valence-electron chi connectivity index (χ4n) is 4.00. The predicted octanol–water partition coefficient (Wildman–Crippen LogP) is 3.18. The number of hydrogen-bond acceptors (Lipinski definition) is 4. The Hall–Kier alpha value is -2.73. The molecule has 1 saturated heterocycles. The third-order valence-electron chi connectivity index (χ3n) is 5.42. The molecule has 26 heavy (non-hydrogen) atoms. The van der Waals surface area contributed by atoms with Gasteiger partial charge >= 0.3 is 0 Å². The highest BCUT2D eigenvalue weighted by molar-refractivity contribution is 6.02. The van der Waals surface area contributed by atoms with Crippen LogP contribution in [0.4, 0.5) is 0 Å². The highest BCUT2D eigenvalue weighted by atomic mass is 15.3. The van der Waals surface area contributed by atoms with Crippen LogP contribution in [0, 0.1) is 5.92 Å². The third kappa shape index (κ3) is 2.66. The van der Waals surface area contributed by atoms with Crippen molar-refractivity contribution in [1.29, 1.82) is 0 Å². The van der Waals surface area contributed by atoms with Gasteiger partial charge in [0.05, 0.1) is 28.4 Å². The summed E-state index contributed by atoms with van der Waals surface area (Å²) in [5.41, 5.74) is 3.99. The SMILES string of the molecule is CCN1CCC(Cc2nc3c(cnc4cc(-n5cccn5)ccc43)[nH]2)C1. The second-order valence-electron chi connectivity index (χ2n) is 7.11. The molecule has 1 atom stereocenters. The van der Waals surface area contributed by atoms with Crippen molar-refractivity contribution in [2.24, 2.45) is 5.92 Å². The average Bonchev–Trinajstić information content (AvgIpc) is 3.41. The monoisotopic (exact) mass is 346 g/mol. The number of likely N-dealkylation sites (tertiary alicyclic amines) is 1. The summed E-state index contributed by atoms with van der Waals surface area (Å²) in [5, 5.41) is 5.38. The van der Waals surface area contributed by atoms with Gasteiger partial charge in [0, 0.05) is 30.7 Å². The Morgan fingerprint density at radius 3 is 3.08 bits per heavy atom. The van der Waals surface area contributed by atoms with Crippen LogP contribution in [0.15, 0.2) is 42.9 Å². The van der Waals surface area contributed by atoms with Gasteiger partial charge in [-0.2, -0.15) is 5.10 Å². The number of pyridine rings is 1. The van der Waals surface area contributed by atoms with E-state index in [2.05, 4.69) is 45.1 Å². The topological polar surface area (TPSA) is 62.6 Å². The molecule has 0 aliphatic carbocycles. The van der Waals surface area contributed by atoms with E-state index in [9.17, 15) is 0 Å². The molecule has 0 spiro atoms. The van der Waals surface area contributed by atoms with E-state index in [1.807, 2.05) is 23.1 Å². The Morgan fingerprint density at radius 1 is 1.31 bits per heavy atom. The van der Waals surface area contributed by atoms with Gasteiger partial charge in [-0.3, -0.25) is 4.98 Å². The average molecular weight is 346 g/mol. The number of aromatic amines is 1. The predicted molar refractivity (Wildman–Crippen MR) is 102 cm³/mol. The van der Waals surface area contributed by atoms with Crippen molar-refractivity contribution < 1.29 is 0 Å². The second-order valence-corrected chi connectivity index (χ2v) is 7.11. The van der Waals surface area contributed by atoms with Crippen LogP contribution in [-0.2, 0) is 6.42 Å². The maximum absolute atomic E-state index is 4.91. The zero-order valence-electron chi connectivity index (χ0n) is 14.9. The first kappa shape index (κ1) is 15.5. The van der Waals surface area contributed by atoms with Crippen LogP contribution in [0.3, 0.4) is 0 Å². The van der Waals surface area contributed by atoms with E-state index in [1.165, 1.54) is 19.5 Å². The van der Waals surface area contributed by atoms with Crippen LogP contribution in [0.1, 0.15) is 19.2 Å². The van der Waals surface area contributed by atoms with Crippen molar-refractivity contribution in [1.82, 2.24) is 29.6 Å². The molecule has 0 amide bonds. The molecule has 132 valence electrons. The molecule has 3 aromatic heterocycles. The van der Waals surface area contributed by atoms with Crippen molar-refractivity contribution in [3.8, 4) is 5.69 Å². The van der Waals surface area contributed by atoms with Gasteiger partial charge in [-0.1, -0.05) is 6.92 Å². The molecule has 1 aromatic carbocycles. The molecular weight excluding hydrogens is 324 g/mol. The van der Waals surface area contributed by atoms with Gasteiger partial charge in [0.25, 0.3) is 0 Å². The number of aromatic nitrogens is 5. The molecule has 1 aliphatic heterocycles. The number of imidazole rings is 1. The maximum Gasteiger partial charge on any atom is 0.107 e. The number of fused-ring (bicyclic) bond motifs is 3. The molecule has 1 N–H and O–H groups in total. The third-order valence-corrected chi connectivity index (χ3v) is 5.42. The lowest BCUT2D eigenvalue weighted by Gasteiger charge is -2.11. The number of hydrogen-bond donors (Lipinski definition) is 1. The van der Waals surface area contributed by atoms with Crippen LogP contribution < -0.4 is 0 Å². The van der Waals surface area contributed by atoms with Crippen LogP contribution in [0.5, 0.6) is 0 Å². The first-order chi connectivity index (χ1) is 12.8. The van der Waals surface area contributed by atoms with E-state index >= 15 is 0 Å². The zero-order valence-corrected chi connectivity index (χ0v) is 14.9. The van der Waals surface area contributed by atoms with E-state index in [1.54, 1.807) is 6.20 Å². The number of nitrogens with one attached hydrogen (secondary N) is 1. The van der Waals surface area contributed by atoms with Crippen LogP contribution in [-0.4, -0.2) is 49.3 Å². The van der Waals surface area contributed by atoms with Crippen LogP contribution >= 0.6 is 0 Å². The Morgan fingerprint density at radius 2 is 2.27 bits per heavy atom. The second kappa shape index (κ2) is 6.21. The minimum absolute atomic E-state index is 0.696. The lowest BCUT2D eigenvalue weighted by atomic mass is 10.1. The quantitative estimate of drug-likeness (QED) is 0.616. The number of benzene rings is 1. The van der Waals surface area contributed by atoms with E-state index in [0.29, 0.717) is 5.92 Å². The lowest BCUT2D eigenvalue weighted by Crippen LogP contribution is -2.20. The molecule has 1 fully saturated rings. The van der Waals surface area contributed by atoms with Gasteiger partial charge in [-0.05, 0) is 49.7 Å². The molecule has 1 aliphatic rings. The number of rotatable bonds is 4. The molecule has 0 radical (unpaired) electrons. The summed E-state index contributed by atoms with van der Waals surface area (Å²) in [6.07, 6.45) is 7.89. The van der Waals surface area contributed by atoms with E-state index in [4.69, 9.17) is 4.98 Å². The summed E-state index contributed by atoms with van der Waals surface area (Å²) < 4.78 is 1.85. The lowest BCUT2D eigenvalue weighted by molar-refractivity contribution is 0.341. The van der Waals surface area contributed by atoms with Gasteiger partial charge in [-0.25, -0.2) is 9.67 Å². The van der Waals surface area contributed by atoms with Gasteiger partial charge < -0.3 is 9.88 Å². The summed E-state index contributed by atoms with van der Waals surface area (Å²) in [4.78, 5) is 15.5. The standard InChI is InChI=1S/C20H22N6/c1-2-25-9-6-14(13-25)10-19-23-18-12-21-17-11-15(26-8-3-7-22-26)4-5-16(17)20(18)24-19/h3-5,7-8,11-12,14H,2,6,9-10,13H2,1H3,(H,23,24). The normalized spacial score (nSPS) is 18.3. The summed E-state index contributed by atoms with van der Waals surface area (Å²) in [5.74, 6) is 1.77. The highest BCUT2D eigenvalue weighted by Gasteiger charge is 2.22. The fraction of sp³-hybridized carbons (Fsp3) is 0.350. The van der Waals surface area contributed by atoms with Crippen molar-refractivity contribution in [3.63, 3.8) is 0 Å². The Balaban J connectivity index is 1.49. The van der Waals surface area contributed by atoms with Crippen molar-refractivity contribution >= 4 is 21.9 Å². The summed E-state index contributed by atoms with van der Waals surface area (Å²) in [7, 11) is 0. The molecule has 6 nitrogen and oxygen atoms in total. The number of nitrogens with zero attached hydrogens (tertiary/aromatic N) is 5. The molecular formula is C20H22N6. The largest absolute Gasteiger partial charge is 0.341 e. The highest BCUT2D eigenvalue weighted by Crippen LogP contribution is 2.26. The Labute approximate surface area is 151 Å². The Kier molecular flexibility index (Phi) is 3.71. The maximum atomic E-state index is 4.91. The van der Waals surface area contributed by atoms with E-state index in [0.717, 1.165) is 46.4 Å². The van der Waals surface area contributed by atoms with Crippen LogP contribution in [0.2, 0.25) is 0 Å². The zero-order chi connectivity index (χ0) is 17.5. The van der Waals surface area contributed by atoms with Crippen molar-refractivity contribution in [3.05, 3.63) is 48.7 Å². The molecule has 5 rings (SSSR count). The Bertz CT molecular complexity index is 1050. The molecule has 1 unspecified atom stereocenters. The summed E-state index contributed by atoms with van der Waals surface area (Å²) >= 11 is 0. The first-order valence-corrected chi connectivity index (χ1v) is 9.30. The molecule has 6 heteroatoms. The van der Waals surface area contributed by atoms with E-state index in [-0.39, 0.29) is 0 Å². The molecule has 0 bridgehead atoms. The van der Waals surface area contributed by atoms with Crippen LogP contribution in [0.25, 0.3) is 27.6 Å². The molecule has 4 aromatic rings. The van der Waals surface area contributed by atoms with Crippen molar-refractivity contribution in [2.45, 2.75) is 19.8 Å². The smallest absolute Gasteiger partial charge is 0.107 e.